The number of aromatic nitrogens is 2. The lowest BCUT2D eigenvalue weighted by molar-refractivity contribution is -0.137. The number of hydrogen-bond acceptors (Lipinski definition) is 4. The zero-order chi connectivity index (χ0) is 25.5. The van der Waals surface area contributed by atoms with E-state index in [1.54, 1.807) is 12.1 Å². The number of pyridine rings is 1. The van der Waals surface area contributed by atoms with Crippen molar-refractivity contribution in [3.05, 3.63) is 94.8 Å². The summed E-state index contributed by atoms with van der Waals surface area (Å²) in [4.78, 5) is 15.0. The summed E-state index contributed by atoms with van der Waals surface area (Å²) >= 11 is 0. The monoisotopic (exact) mass is 502 g/mol. The second-order valence-electron chi connectivity index (χ2n) is 8.44. The van der Waals surface area contributed by atoms with Gasteiger partial charge in [-0.2, -0.15) is 13.2 Å². The topological polar surface area (TPSA) is 89.3 Å². The Hall–Kier alpha value is -3.66. The maximum atomic E-state index is 13.6. The van der Waals surface area contributed by atoms with Crippen molar-refractivity contribution in [1.82, 2.24) is 8.96 Å². The lowest BCUT2D eigenvalue weighted by atomic mass is 10.0. The first-order valence-electron chi connectivity index (χ1n) is 10.6. The lowest BCUT2D eigenvalue weighted by Crippen LogP contribution is -2.17. The van der Waals surface area contributed by atoms with Crippen LogP contribution in [0.25, 0.3) is 11.0 Å². The van der Waals surface area contributed by atoms with Crippen LogP contribution in [0, 0.1) is 0 Å². The van der Waals surface area contributed by atoms with E-state index in [1.165, 1.54) is 42.5 Å². The van der Waals surface area contributed by atoms with Gasteiger partial charge in [0, 0.05) is 23.7 Å². The molecule has 182 valence electrons. The third-order valence-corrected chi connectivity index (χ3v) is 7.42. The average Bonchev–Trinajstić information content (AvgIpc) is 3.16. The van der Waals surface area contributed by atoms with Crippen molar-refractivity contribution in [1.29, 1.82) is 0 Å². The highest BCUT2D eigenvalue weighted by molar-refractivity contribution is 7.90. The maximum absolute atomic E-state index is 13.6. The molecule has 35 heavy (non-hydrogen) atoms. The van der Waals surface area contributed by atoms with Crippen LogP contribution in [0.1, 0.15) is 52.5 Å². The van der Waals surface area contributed by atoms with E-state index in [0.29, 0.717) is 11.8 Å². The van der Waals surface area contributed by atoms with Crippen molar-refractivity contribution >= 4 is 27.0 Å². The number of fused-ring (bicyclic) bond motifs is 1. The molecule has 0 aliphatic carbocycles. The van der Waals surface area contributed by atoms with Gasteiger partial charge in [-0.25, -0.2) is 22.2 Å². The number of alkyl halides is 3. The van der Waals surface area contributed by atoms with Crippen molar-refractivity contribution in [2.75, 3.05) is 0 Å². The van der Waals surface area contributed by atoms with Crippen molar-refractivity contribution < 1.29 is 31.5 Å². The Bertz CT molecular complexity index is 1510. The molecule has 0 radical (unpaired) electrons. The van der Waals surface area contributed by atoms with Crippen molar-refractivity contribution in [2.24, 2.45) is 0 Å². The summed E-state index contributed by atoms with van der Waals surface area (Å²) in [5.74, 6) is -0.923. The van der Waals surface area contributed by atoms with E-state index in [2.05, 4.69) is 4.98 Å². The molecule has 0 spiro atoms. The summed E-state index contributed by atoms with van der Waals surface area (Å²) in [6.45, 7) is 3.94. The molecule has 2 aromatic carbocycles. The van der Waals surface area contributed by atoms with E-state index in [9.17, 15) is 26.4 Å². The molecule has 2 heterocycles. The molecule has 0 aliphatic heterocycles. The quantitative estimate of drug-likeness (QED) is 0.365. The fraction of sp³-hybridized carbons (Fsp3) is 0.200. The molecule has 1 N–H and O–H groups in total. The zero-order valence-electron chi connectivity index (χ0n) is 18.7. The van der Waals surface area contributed by atoms with E-state index in [4.69, 9.17) is 5.11 Å². The van der Waals surface area contributed by atoms with Gasteiger partial charge in [-0.05, 0) is 53.4 Å². The van der Waals surface area contributed by atoms with Crippen molar-refractivity contribution in [2.45, 2.75) is 37.3 Å². The fourth-order valence-electron chi connectivity index (χ4n) is 3.78. The summed E-state index contributed by atoms with van der Waals surface area (Å²) in [6, 6.07) is 14.4. The van der Waals surface area contributed by atoms with Gasteiger partial charge in [0.25, 0.3) is 10.0 Å². The Kier molecular flexibility index (Phi) is 6.18. The van der Waals surface area contributed by atoms with Gasteiger partial charge in [0.15, 0.2) is 5.65 Å². The molecule has 6 nitrogen and oxygen atoms in total. The summed E-state index contributed by atoms with van der Waals surface area (Å²) < 4.78 is 68.0. The number of nitrogens with zero attached hydrogens (tertiary/aromatic N) is 2. The number of hydrogen-bond donors (Lipinski definition) is 1. The predicted molar refractivity (Wildman–Crippen MR) is 124 cm³/mol. The van der Waals surface area contributed by atoms with E-state index in [1.807, 2.05) is 13.8 Å². The Morgan fingerprint density at radius 3 is 2.20 bits per heavy atom. The third-order valence-electron chi connectivity index (χ3n) is 5.67. The molecule has 2 aromatic heterocycles. The molecule has 0 saturated carbocycles. The fourth-order valence-corrected chi connectivity index (χ4v) is 5.27. The first-order chi connectivity index (χ1) is 16.4. The van der Waals surface area contributed by atoms with E-state index < -0.39 is 27.7 Å². The van der Waals surface area contributed by atoms with Crippen LogP contribution in [-0.4, -0.2) is 28.5 Å². The maximum Gasteiger partial charge on any atom is 0.417 e. The van der Waals surface area contributed by atoms with Gasteiger partial charge in [-0.15, -0.1) is 0 Å². The Labute approximate surface area is 199 Å². The molecule has 0 unspecified atom stereocenters. The minimum atomic E-state index is -4.64. The van der Waals surface area contributed by atoms with Gasteiger partial charge in [0.05, 0.1) is 16.0 Å². The number of rotatable bonds is 6. The van der Waals surface area contributed by atoms with Crippen LogP contribution in [-0.2, 0) is 22.6 Å². The van der Waals surface area contributed by atoms with Crippen molar-refractivity contribution in [3.63, 3.8) is 0 Å². The molecular weight excluding hydrogens is 481 g/mol. The molecule has 0 saturated heterocycles. The summed E-state index contributed by atoms with van der Waals surface area (Å²) in [5, 5.41) is 9.13. The molecule has 10 heteroatoms. The van der Waals surface area contributed by atoms with Crippen LogP contribution in [0.5, 0.6) is 0 Å². The second kappa shape index (κ2) is 8.84. The molecule has 0 fully saturated rings. The van der Waals surface area contributed by atoms with Gasteiger partial charge >= 0.3 is 12.1 Å². The average molecular weight is 503 g/mol. The summed E-state index contributed by atoms with van der Waals surface area (Å²) in [6.07, 6.45) is -4.00. The molecular formula is C25H21F3N2O4S. The van der Waals surface area contributed by atoms with E-state index in [-0.39, 0.29) is 39.5 Å². The number of carboxylic acids is 1. The Morgan fingerprint density at radius 2 is 1.66 bits per heavy atom. The minimum absolute atomic E-state index is 0.0245. The predicted octanol–water partition coefficient (Wildman–Crippen LogP) is 5.70. The van der Waals surface area contributed by atoms with Gasteiger partial charge < -0.3 is 5.11 Å². The molecule has 0 aliphatic rings. The van der Waals surface area contributed by atoms with Crippen LogP contribution in [0.2, 0.25) is 0 Å². The van der Waals surface area contributed by atoms with Gasteiger partial charge in [0.2, 0.25) is 0 Å². The highest BCUT2D eigenvalue weighted by Gasteiger charge is 2.32. The highest BCUT2D eigenvalue weighted by atomic mass is 32.2. The highest BCUT2D eigenvalue weighted by Crippen LogP contribution is 2.33. The first-order valence-corrected chi connectivity index (χ1v) is 12.1. The molecule has 4 rings (SSSR count). The largest absolute Gasteiger partial charge is 0.478 e. The SMILES string of the molecule is CC(C)c1ccc(S(=O)(=O)n2c(Cc3ccc(C(=O)O)cc3)cc3cc(C(F)(F)F)cnc32)cc1. The zero-order valence-corrected chi connectivity index (χ0v) is 19.6. The minimum Gasteiger partial charge on any atom is -0.478 e. The van der Waals surface area contributed by atoms with Gasteiger partial charge in [-0.1, -0.05) is 38.1 Å². The van der Waals surface area contributed by atoms with Crippen LogP contribution in [0.15, 0.2) is 71.8 Å². The van der Waals surface area contributed by atoms with Crippen LogP contribution in [0.3, 0.4) is 0 Å². The number of benzene rings is 2. The second-order valence-corrected chi connectivity index (χ2v) is 10.2. The number of aromatic carboxylic acids is 1. The Balaban J connectivity index is 1.88. The molecule has 0 atom stereocenters. The van der Waals surface area contributed by atoms with Crippen LogP contribution >= 0.6 is 0 Å². The third kappa shape index (κ3) is 4.79. The van der Waals surface area contributed by atoms with E-state index >= 15 is 0 Å². The normalized spacial score (nSPS) is 12.4. The smallest absolute Gasteiger partial charge is 0.417 e. The Morgan fingerprint density at radius 1 is 1.03 bits per heavy atom. The number of halogens is 3. The first kappa shape index (κ1) is 24.5. The van der Waals surface area contributed by atoms with Crippen molar-refractivity contribution in [3.8, 4) is 0 Å². The van der Waals surface area contributed by atoms with E-state index in [0.717, 1.165) is 15.6 Å². The molecule has 0 bridgehead atoms. The standard InChI is InChI=1S/C25H21F3N2O4S/c1-15(2)17-7-9-22(10-8-17)35(33,34)30-21(11-16-3-5-18(6-4-16)24(31)32)13-19-12-20(25(26,27)28)14-29-23(19)30/h3-10,12-15H,11H2,1-2H3,(H,31,32). The molecule has 4 aromatic rings. The molecule has 0 amide bonds. The van der Waals surface area contributed by atoms with Crippen LogP contribution < -0.4 is 0 Å². The lowest BCUT2D eigenvalue weighted by Gasteiger charge is -2.13. The number of carboxylic acid groups (broad SMARTS) is 1. The van der Waals surface area contributed by atoms with Gasteiger partial charge in [-0.3, -0.25) is 0 Å². The number of carbonyl (C=O) groups is 1. The summed E-state index contributed by atoms with van der Waals surface area (Å²) in [7, 11) is -4.21. The van der Waals surface area contributed by atoms with Crippen LogP contribution in [0.4, 0.5) is 13.2 Å². The summed E-state index contributed by atoms with van der Waals surface area (Å²) in [5.41, 5.74) is 0.668. The van der Waals surface area contributed by atoms with Gasteiger partial charge in [0.1, 0.15) is 0 Å².